The van der Waals surface area contributed by atoms with Gasteiger partial charge in [-0.25, -0.2) is 4.79 Å². The first-order chi connectivity index (χ1) is 22.0. The zero-order valence-corrected chi connectivity index (χ0v) is 26.2. The fourth-order valence-electron chi connectivity index (χ4n) is 6.47. The van der Waals surface area contributed by atoms with Gasteiger partial charge in [-0.05, 0) is 84.9 Å². The number of carboxylic acids is 1. The molecule has 0 fully saturated rings. The van der Waals surface area contributed by atoms with E-state index in [2.05, 4.69) is 63.1 Å². The Kier molecular flexibility index (Phi) is 13.5. The van der Waals surface area contributed by atoms with Crippen LogP contribution in [-0.2, 0) is 9.59 Å². The number of unbranched alkanes of at least 4 members (excludes halogenated alkanes) is 3. The maximum absolute atomic E-state index is 12.0. The third-order valence-electron chi connectivity index (χ3n) is 8.90. The van der Waals surface area contributed by atoms with Crippen LogP contribution in [0.25, 0.3) is 10.8 Å². The van der Waals surface area contributed by atoms with Crippen molar-refractivity contribution in [3.8, 4) is 0 Å². The van der Waals surface area contributed by atoms with E-state index in [-0.39, 0.29) is 24.6 Å². The number of rotatable bonds is 20. The number of aliphatic carboxylic acids is 1. The molecule has 3 aromatic rings. The Bertz CT molecular complexity index is 1400. The molecule has 0 unspecified atom stereocenters. The molecule has 45 heavy (non-hydrogen) atoms. The largest absolute Gasteiger partial charge is 0.478 e. The van der Waals surface area contributed by atoms with Crippen molar-refractivity contribution in [2.75, 3.05) is 18.5 Å². The van der Waals surface area contributed by atoms with E-state index in [1.54, 1.807) is 0 Å². The van der Waals surface area contributed by atoms with Crippen LogP contribution in [0.5, 0.6) is 0 Å². The molecular weight excluding hydrogens is 566 g/mol. The maximum Gasteiger partial charge on any atom is 0.328 e. The second-order valence-electron chi connectivity index (χ2n) is 12.2. The van der Waals surface area contributed by atoms with Crippen LogP contribution >= 0.6 is 0 Å². The van der Waals surface area contributed by atoms with Gasteiger partial charge in [-0.3, -0.25) is 4.99 Å². The highest BCUT2D eigenvalue weighted by Crippen LogP contribution is 2.33. The lowest BCUT2D eigenvalue weighted by molar-refractivity contribution is -0.131. The molecule has 1 aliphatic rings. The van der Waals surface area contributed by atoms with Crippen LogP contribution in [0, 0.1) is 5.92 Å². The molecule has 0 bridgehead atoms. The Balaban J connectivity index is 1.49. The molecule has 2 heterocycles. The number of aromatic nitrogens is 1. The monoisotopic (exact) mass is 615 g/mol. The van der Waals surface area contributed by atoms with Crippen LogP contribution in [0.3, 0.4) is 0 Å². The van der Waals surface area contributed by atoms with Gasteiger partial charge in [0.15, 0.2) is 5.96 Å². The lowest BCUT2D eigenvalue weighted by Gasteiger charge is -2.32. The quantitative estimate of drug-likeness (QED) is 0.0508. The Morgan fingerprint density at radius 2 is 1.76 bits per heavy atom. The number of aliphatic hydroxyl groups is 1. The number of fused-ring (bicyclic) bond motifs is 1. The predicted octanol–water partition coefficient (Wildman–Crippen LogP) is 6.13. The third-order valence-corrected chi connectivity index (χ3v) is 8.90. The fourth-order valence-corrected chi connectivity index (χ4v) is 6.47. The highest BCUT2D eigenvalue weighted by atomic mass is 16.4. The van der Waals surface area contributed by atoms with Crippen LogP contribution in [0.4, 0.5) is 5.82 Å². The first-order valence-corrected chi connectivity index (χ1v) is 16.4. The van der Waals surface area contributed by atoms with Gasteiger partial charge in [0.25, 0.3) is 0 Å². The van der Waals surface area contributed by atoms with E-state index in [0.29, 0.717) is 31.3 Å². The van der Waals surface area contributed by atoms with Gasteiger partial charge in [0.05, 0.1) is 12.1 Å². The number of aldehydes is 1. The number of carbonyl (C=O) groups is 2. The van der Waals surface area contributed by atoms with Gasteiger partial charge in [0.1, 0.15) is 12.1 Å². The van der Waals surface area contributed by atoms with E-state index in [0.717, 1.165) is 75.5 Å². The second kappa shape index (κ2) is 18.0. The highest BCUT2D eigenvalue weighted by Gasteiger charge is 2.27. The van der Waals surface area contributed by atoms with Crippen molar-refractivity contribution in [3.05, 3.63) is 78.0 Å². The number of H-pyrrole nitrogens is 1. The smallest absolute Gasteiger partial charge is 0.328 e. The minimum atomic E-state index is -0.981. The molecule has 0 saturated heterocycles. The molecule has 1 aromatic heterocycles. The molecular formula is C36H49N5O4. The molecule has 1 aliphatic heterocycles. The van der Waals surface area contributed by atoms with Gasteiger partial charge < -0.3 is 36.4 Å². The molecule has 7 N–H and O–H groups in total. The normalized spacial score (nSPS) is 17.2. The summed E-state index contributed by atoms with van der Waals surface area (Å²) in [6.45, 7) is 0.680. The minimum Gasteiger partial charge on any atom is -0.478 e. The average Bonchev–Trinajstić information content (AvgIpc) is 3.56. The summed E-state index contributed by atoms with van der Waals surface area (Å²) in [6.07, 6.45) is 14.1. The highest BCUT2D eigenvalue weighted by molar-refractivity contribution is 5.84. The van der Waals surface area contributed by atoms with Gasteiger partial charge in [-0.1, -0.05) is 68.1 Å². The molecule has 9 heteroatoms. The van der Waals surface area contributed by atoms with E-state index >= 15 is 0 Å². The number of carbonyl (C=O) groups excluding carboxylic acids is 1. The molecule has 0 radical (unpaired) electrons. The molecule has 9 nitrogen and oxygen atoms in total. The number of guanidine groups is 1. The van der Waals surface area contributed by atoms with E-state index in [1.807, 2.05) is 18.3 Å². The zero-order valence-electron chi connectivity index (χ0n) is 26.2. The van der Waals surface area contributed by atoms with Crippen molar-refractivity contribution in [2.24, 2.45) is 16.6 Å². The summed E-state index contributed by atoms with van der Waals surface area (Å²) >= 11 is 0. The van der Waals surface area contributed by atoms with Crippen molar-refractivity contribution < 1.29 is 19.8 Å². The standard InChI is InChI=1S/C36H49N5O4/c37-36-39-21-19-33(41-36)31(24-35(44)45)32(40-34-14-7-20-38-34)18-17-28(30-16-15-27-12-5-6-13-29(27)23-30)11-4-2-1-3-9-26(25-43)10-8-22-42/h5-7,12-16,20,23-26,28,32-33,38,40,42H,1-4,8-11,17-19,21-22H2,(H,44,45)(H3,37,39,41)/b31-24-/t26-,28-,32-,33+/m0/s1. The first-order valence-electron chi connectivity index (χ1n) is 16.4. The summed E-state index contributed by atoms with van der Waals surface area (Å²) in [4.78, 5) is 30.9. The lowest BCUT2D eigenvalue weighted by Crippen LogP contribution is -2.48. The van der Waals surface area contributed by atoms with Crippen LogP contribution in [0.1, 0.15) is 82.1 Å². The van der Waals surface area contributed by atoms with Crippen molar-refractivity contribution in [3.63, 3.8) is 0 Å². The number of nitrogens with two attached hydrogens (primary N) is 1. The third kappa shape index (κ3) is 10.8. The van der Waals surface area contributed by atoms with Crippen molar-refractivity contribution >= 4 is 34.8 Å². The molecule has 0 spiro atoms. The van der Waals surface area contributed by atoms with Crippen molar-refractivity contribution in [2.45, 2.75) is 88.6 Å². The fraction of sp³-hybridized carbons (Fsp3) is 0.472. The number of nitrogens with one attached hydrogen (secondary N) is 3. The number of hydrogen-bond donors (Lipinski definition) is 6. The first kappa shape index (κ1) is 33.8. The molecule has 0 saturated carbocycles. The SMILES string of the molecule is NC1=NCC[C@H](/C(=C\C(=O)O)[C@H](CC[C@H](CCCCCC[C@H](C=O)CCCO)c2ccc3ccccc3c2)Nc2ccc[nH]2)N1. The molecule has 242 valence electrons. The number of aliphatic hydroxyl groups excluding tert-OH is 1. The van der Waals surface area contributed by atoms with Gasteiger partial charge in [-0.2, -0.15) is 0 Å². The zero-order chi connectivity index (χ0) is 31.9. The van der Waals surface area contributed by atoms with Crippen LogP contribution < -0.4 is 16.4 Å². The number of carboxylic acid groups (broad SMARTS) is 1. The predicted molar refractivity (Wildman–Crippen MR) is 181 cm³/mol. The molecule has 2 aromatic carbocycles. The second-order valence-corrected chi connectivity index (χ2v) is 12.2. The Morgan fingerprint density at radius 3 is 2.47 bits per heavy atom. The average molecular weight is 616 g/mol. The van der Waals surface area contributed by atoms with E-state index in [1.165, 1.54) is 22.4 Å². The van der Waals surface area contributed by atoms with Crippen LogP contribution in [0.15, 0.2) is 77.4 Å². The molecule has 4 rings (SSSR count). The van der Waals surface area contributed by atoms with Crippen molar-refractivity contribution in [1.82, 2.24) is 10.3 Å². The van der Waals surface area contributed by atoms with Crippen molar-refractivity contribution in [1.29, 1.82) is 0 Å². The number of anilines is 1. The van der Waals surface area contributed by atoms with E-state index in [4.69, 9.17) is 10.8 Å². The summed E-state index contributed by atoms with van der Waals surface area (Å²) in [7, 11) is 0. The Labute approximate surface area is 266 Å². The van der Waals surface area contributed by atoms with Gasteiger partial charge >= 0.3 is 5.97 Å². The summed E-state index contributed by atoms with van der Waals surface area (Å²) in [5.74, 6) is 0.531. The van der Waals surface area contributed by atoms with Crippen LogP contribution in [-0.4, -0.2) is 58.6 Å². The lowest BCUT2D eigenvalue weighted by atomic mass is 9.84. The summed E-state index contributed by atoms with van der Waals surface area (Å²) in [5.41, 5.74) is 8.08. The molecule has 0 amide bonds. The minimum absolute atomic E-state index is 0.0416. The van der Waals surface area contributed by atoms with Gasteiger partial charge in [0, 0.05) is 31.3 Å². The number of nitrogens with zero attached hydrogens (tertiary/aromatic N) is 1. The van der Waals surface area contributed by atoms with Gasteiger partial charge in [0.2, 0.25) is 0 Å². The van der Waals surface area contributed by atoms with Gasteiger partial charge in [-0.15, -0.1) is 0 Å². The summed E-state index contributed by atoms with van der Waals surface area (Å²) in [5, 5.41) is 28.2. The number of hydrogen-bond acceptors (Lipinski definition) is 7. The Hall–Kier alpha value is -4.11. The molecule has 0 aliphatic carbocycles. The number of aromatic amines is 1. The topological polar surface area (TPSA) is 153 Å². The summed E-state index contributed by atoms with van der Waals surface area (Å²) < 4.78 is 0. The van der Waals surface area contributed by atoms with E-state index in [9.17, 15) is 14.7 Å². The number of aliphatic imine (C=N–C) groups is 1. The maximum atomic E-state index is 12.0. The van der Waals surface area contributed by atoms with E-state index < -0.39 is 5.97 Å². The molecule has 4 atom stereocenters. The summed E-state index contributed by atoms with van der Waals surface area (Å²) in [6, 6.07) is 18.6. The van der Waals surface area contributed by atoms with Crippen LogP contribution in [0.2, 0.25) is 0 Å². The number of benzene rings is 2. The Morgan fingerprint density at radius 1 is 0.978 bits per heavy atom.